The van der Waals surface area contributed by atoms with Crippen LogP contribution in [-0.2, 0) is 0 Å². The average molecular weight is 278 g/mol. The number of benzene rings is 1. The number of methoxy groups -OCH3 is 1. The third kappa shape index (κ3) is 2.72. The van der Waals surface area contributed by atoms with Gasteiger partial charge in [-0.25, -0.2) is 4.39 Å². The maximum Gasteiger partial charge on any atom is 0.175 e. The second-order valence-corrected chi connectivity index (χ2v) is 6.24. The summed E-state index contributed by atoms with van der Waals surface area (Å²) in [4.78, 5) is 12.9. The van der Waals surface area contributed by atoms with Crippen LogP contribution < -0.4 is 4.74 Å². The molecule has 0 bridgehead atoms. The topological polar surface area (TPSA) is 26.3 Å². The SMILES string of the molecule is COc1cccc(C(=O)C2(CC(C)C)CCCC2)c1F. The smallest absolute Gasteiger partial charge is 0.175 e. The molecule has 0 radical (unpaired) electrons. The molecule has 0 aromatic heterocycles. The van der Waals surface area contributed by atoms with E-state index >= 15 is 0 Å². The molecule has 0 saturated heterocycles. The third-order valence-electron chi connectivity index (χ3n) is 4.27. The van der Waals surface area contributed by atoms with Crippen LogP contribution in [0.4, 0.5) is 4.39 Å². The Morgan fingerprint density at radius 3 is 2.55 bits per heavy atom. The molecule has 1 aliphatic rings. The molecule has 2 rings (SSSR count). The molecule has 1 aromatic carbocycles. The molecule has 1 fully saturated rings. The predicted molar refractivity (Wildman–Crippen MR) is 77.6 cm³/mol. The van der Waals surface area contributed by atoms with E-state index in [-0.39, 0.29) is 22.5 Å². The second-order valence-electron chi connectivity index (χ2n) is 6.24. The normalized spacial score (nSPS) is 17.4. The van der Waals surface area contributed by atoms with E-state index in [1.54, 1.807) is 18.2 Å². The van der Waals surface area contributed by atoms with E-state index < -0.39 is 5.82 Å². The van der Waals surface area contributed by atoms with Gasteiger partial charge in [0.15, 0.2) is 17.3 Å². The molecule has 1 aliphatic carbocycles. The summed E-state index contributed by atoms with van der Waals surface area (Å²) in [5.41, 5.74) is -0.187. The van der Waals surface area contributed by atoms with Crippen molar-refractivity contribution in [1.29, 1.82) is 0 Å². The Labute approximate surface area is 120 Å². The van der Waals surface area contributed by atoms with E-state index in [4.69, 9.17) is 4.74 Å². The van der Waals surface area contributed by atoms with Crippen molar-refractivity contribution in [2.24, 2.45) is 11.3 Å². The number of ketones is 1. The van der Waals surface area contributed by atoms with Crippen molar-refractivity contribution in [1.82, 2.24) is 0 Å². The number of carbonyl (C=O) groups excluding carboxylic acids is 1. The van der Waals surface area contributed by atoms with Crippen LogP contribution in [-0.4, -0.2) is 12.9 Å². The molecule has 2 nitrogen and oxygen atoms in total. The van der Waals surface area contributed by atoms with Crippen LogP contribution in [0.25, 0.3) is 0 Å². The van der Waals surface area contributed by atoms with Gasteiger partial charge in [-0.3, -0.25) is 4.79 Å². The molecule has 0 atom stereocenters. The van der Waals surface area contributed by atoms with Gasteiger partial charge >= 0.3 is 0 Å². The van der Waals surface area contributed by atoms with Gasteiger partial charge < -0.3 is 4.74 Å². The fourth-order valence-electron chi connectivity index (χ4n) is 3.49. The number of hydrogen-bond acceptors (Lipinski definition) is 2. The lowest BCUT2D eigenvalue weighted by atomic mass is 9.73. The Balaban J connectivity index is 2.38. The molecule has 1 aromatic rings. The number of carbonyl (C=O) groups is 1. The highest BCUT2D eigenvalue weighted by Crippen LogP contribution is 2.46. The Hall–Kier alpha value is -1.38. The number of rotatable bonds is 5. The van der Waals surface area contributed by atoms with Crippen LogP contribution in [0.2, 0.25) is 0 Å². The molecule has 110 valence electrons. The molecular formula is C17H23FO2. The van der Waals surface area contributed by atoms with Crippen molar-refractivity contribution < 1.29 is 13.9 Å². The van der Waals surface area contributed by atoms with Gasteiger partial charge in [-0.1, -0.05) is 32.8 Å². The second kappa shape index (κ2) is 5.94. The van der Waals surface area contributed by atoms with Crippen LogP contribution in [0.5, 0.6) is 5.75 Å². The summed E-state index contributed by atoms with van der Waals surface area (Å²) in [7, 11) is 1.42. The van der Waals surface area contributed by atoms with Gasteiger partial charge in [-0.05, 0) is 37.3 Å². The highest BCUT2D eigenvalue weighted by atomic mass is 19.1. The fourth-order valence-corrected chi connectivity index (χ4v) is 3.49. The maximum atomic E-state index is 14.3. The van der Waals surface area contributed by atoms with Gasteiger partial charge in [0.1, 0.15) is 0 Å². The van der Waals surface area contributed by atoms with Gasteiger partial charge in [-0.15, -0.1) is 0 Å². The van der Waals surface area contributed by atoms with Crippen LogP contribution in [0, 0.1) is 17.2 Å². The maximum absolute atomic E-state index is 14.3. The monoisotopic (exact) mass is 278 g/mol. The molecular weight excluding hydrogens is 255 g/mol. The van der Waals surface area contributed by atoms with Crippen molar-refractivity contribution >= 4 is 5.78 Å². The molecule has 3 heteroatoms. The molecule has 0 heterocycles. The fraction of sp³-hybridized carbons (Fsp3) is 0.588. The first kappa shape index (κ1) is 15.0. The van der Waals surface area contributed by atoms with E-state index in [1.807, 2.05) is 0 Å². The molecule has 1 saturated carbocycles. The largest absolute Gasteiger partial charge is 0.494 e. The Morgan fingerprint density at radius 1 is 1.35 bits per heavy atom. The number of ether oxygens (including phenoxy) is 1. The summed E-state index contributed by atoms with van der Waals surface area (Å²) in [5.74, 6) is 0.0226. The van der Waals surface area contributed by atoms with Crippen molar-refractivity contribution in [2.75, 3.05) is 7.11 Å². The van der Waals surface area contributed by atoms with Crippen molar-refractivity contribution in [3.63, 3.8) is 0 Å². The van der Waals surface area contributed by atoms with Crippen LogP contribution in [0.1, 0.15) is 56.3 Å². The number of Topliss-reactive ketones (excluding diaryl/α,β-unsaturated/α-hetero) is 1. The van der Waals surface area contributed by atoms with Crippen LogP contribution in [0.15, 0.2) is 18.2 Å². The van der Waals surface area contributed by atoms with Gasteiger partial charge in [0.25, 0.3) is 0 Å². The Morgan fingerprint density at radius 2 is 2.00 bits per heavy atom. The minimum absolute atomic E-state index is 0.0416. The summed E-state index contributed by atoms with van der Waals surface area (Å²) in [6.07, 6.45) is 4.71. The highest BCUT2D eigenvalue weighted by Gasteiger charge is 2.42. The average Bonchev–Trinajstić information content (AvgIpc) is 2.87. The van der Waals surface area contributed by atoms with Gasteiger partial charge in [0, 0.05) is 5.41 Å². The summed E-state index contributed by atoms with van der Waals surface area (Å²) < 4.78 is 19.3. The summed E-state index contributed by atoms with van der Waals surface area (Å²) in [6, 6.07) is 4.82. The molecule has 0 spiro atoms. The van der Waals surface area contributed by atoms with Gasteiger partial charge in [0.2, 0.25) is 0 Å². The minimum Gasteiger partial charge on any atom is -0.494 e. The quantitative estimate of drug-likeness (QED) is 0.734. The lowest BCUT2D eigenvalue weighted by molar-refractivity contribution is 0.0754. The van der Waals surface area contributed by atoms with Crippen LogP contribution >= 0.6 is 0 Å². The first-order chi connectivity index (χ1) is 9.50. The first-order valence-electron chi connectivity index (χ1n) is 7.37. The van der Waals surface area contributed by atoms with E-state index in [1.165, 1.54) is 7.11 Å². The molecule has 0 N–H and O–H groups in total. The standard InChI is InChI=1S/C17H23FO2/c1-12(2)11-17(9-4-5-10-17)16(19)13-7-6-8-14(20-3)15(13)18/h6-8,12H,4-5,9-11H2,1-3H3. The zero-order chi connectivity index (χ0) is 14.8. The van der Waals surface area contributed by atoms with Gasteiger partial charge in [-0.2, -0.15) is 0 Å². The van der Waals surface area contributed by atoms with Crippen LogP contribution in [0.3, 0.4) is 0 Å². The molecule has 20 heavy (non-hydrogen) atoms. The summed E-state index contributed by atoms with van der Waals surface area (Å²) >= 11 is 0. The number of halogens is 1. The Bertz CT molecular complexity index is 488. The van der Waals surface area contributed by atoms with E-state index in [0.29, 0.717) is 5.92 Å². The summed E-state index contributed by atoms with van der Waals surface area (Å²) in [5, 5.41) is 0. The van der Waals surface area contributed by atoms with Gasteiger partial charge in [0.05, 0.1) is 12.7 Å². The van der Waals surface area contributed by atoms with E-state index in [2.05, 4.69) is 13.8 Å². The van der Waals surface area contributed by atoms with Crippen molar-refractivity contribution in [3.05, 3.63) is 29.6 Å². The lowest BCUT2D eigenvalue weighted by Gasteiger charge is -2.29. The van der Waals surface area contributed by atoms with Crippen molar-refractivity contribution in [3.8, 4) is 5.75 Å². The zero-order valence-electron chi connectivity index (χ0n) is 12.5. The zero-order valence-corrected chi connectivity index (χ0v) is 12.5. The molecule has 0 aliphatic heterocycles. The number of hydrogen-bond donors (Lipinski definition) is 0. The predicted octanol–water partition coefficient (Wildman–Crippen LogP) is 4.62. The highest BCUT2D eigenvalue weighted by molar-refractivity contribution is 6.01. The molecule has 0 unspecified atom stereocenters. The lowest BCUT2D eigenvalue weighted by Crippen LogP contribution is -2.30. The Kier molecular flexibility index (Phi) is 4.46. The van der Waals surface area contributed by atoms with E-state index in [9.17, 15) is 9.18 Å². The summed E-state index contributed by atoms with van der Waals surface area (Å²) in [6.45, 7) is 4.24. The third-order valence-corrected chi connectivity index (χ3v) is 4.27. The first-order valence-corrected chi connectivity index (χ1v) is 7.37. The minimum atomic E-state index is -0.518. The van der Waals surface area contributed by atoms with Crippen molar-refractivity contribution in [2.45, 2.75) is 46.0 Å². The van der Waals surface area contributed by atoms with E-state index in [0.717, 1.165) is 32.1 Å². The molecule has 0 amide bonds.